The minimum Gasteiger partial charge on any atom is -0.385 e. The van der Waals surface area contributed by atoms with Gasteiger partial charge in [0, 0.05) is 13.7 Å². The van der Waals surface area contributed by atoms with Crippen molar-refractivity contribution in [2.45, 2.75) is 29.5 Å². The van der Waals surface area contributed by atoms with Crippen molar-refractivity contribution in [3.63, 3.8) is 0 Å². The van der Waals surface area contributed by atoms with E-state index in [-0.39, 0.29) is 5.75 Å². The standard InChI is InChI=1S/C9H17Cl3O4S/c1-15-6-4-2-3-5-7-17(13,14)16-8-9(10,11)12/h2-8H2,1H3. The first-order valence-electron chi connectivity index (χ1n) is 5.19. The summed E-state index contributed by atoms with van der Waals surface area (Å²) in [6, 6.07) is 0. The first kappa shape index (κ1) is 17.7. The summed E-state index contributed by atoms with van der Waals surface area (Å²) in [5, 5.41) is 0. The summed E-state index contributed by atoms with van der Waals surface area (Å²) in [6.45, 7) is 0.236. The molecule has 0 aromatic carbocycles. The van der Waals surface area contributed by atoms with E-state index in [2.05, 4.69) is 4.18 Å². The van der Waals surface area contributed by atoms with E-state index in [1.807, 2.05) is 0 Å². The zero-order chi connectivity index (χ0) is 13.4. The molecule has 0 spiro atoms. The van der Waals surface area contributed by atoms with E-state index in [1.165, 1.54) is 0 Å². The van der Waals surface area contributed by atoms with Crippen molar-refractivity contribution < 1.29 is 17.3 Å². The molecule has 104 valence electrons. The Bertz CT molecular complexity index is 287. The van der Waals surface area contributed by atoms with Crippen LogP contribution in [0.4, 0.5) is 0 Å². The Labute approximate surface area is 118 Å². The van der Waals surface area contributed by atoms with Gasteiger partial charge in [0.05, 0.1) is 5.75 Å². The van der Waals surface area contributed by atoms with Crippen molar-refractivity contribution >= 4 is 44.9 Å². The van der Waals surface area contributed by atoms with Gasteiger partial charge in [0.25, 0.3) is 10.1 Å². The monoisotopic (exact) mass is 326 g/mol. The molecule has 0 saturated carbocycles. The van der Waals surface area contributed by atoms with Crippen molar-refractivity contribution in [3.05, 3.63) is 0 Å². The Kier molecular flexibility index (Phi) is 9.16. The Morgan fingerprint density at radius 2 is 1.65 bits per heavy atom. The highest BCUT2D eigenvalue weighted by Crippen LogP contribution is 2.26. The molecule has 8 heteroatoms. The molecule has 17 heavy (non-hydrogen) atoms. The molecule has 0 fully saturated rings. The normalized spacial score (nSPS) is 12.9. The number of rotatable bonds is 9. The van der Waals surface area contributed by atoms with Crippen LogP contribution in [0.25, 0.3) is 0 Å². The molecule has 0 aliphatic heterocycles. The average Bonchev–Trinajstić information content (AvgIpc) is 2.20. The molecule has 0 N–H and O–H groups in total. The molecule has 0 aliphatic carbocycles. The third kappa shape index (κ3) is 13.0. The predicted octanol–water partition coefficient (Wildman–Crippen LogP) is 2.91. The quantitative estimate of drug-likeness (QED) is 0.371. The van der Waals surface area contributed by atoms with Crippen molar-refractivity contribution in [3.8, 4) is 0 Å². The predicted molar refractivity (Wildman–Crippen MR) is 70.4 cm³/mol. The van der Waals surface area contributed by atoms with Crippen molar-refractivity contribution in [2.24, 2.45) is 0 Å². The lowest BCUT2D eigenvalue weighted by Gasteiger charge is -2.11. The molecule has 0 aromatic heterocycles. The highest BCUT2D eigenvalue weighted by Gasteiger charge is 2.24. The van der Waals surface area contributed by atoms with Gasteiger partial charge in [0.1, 0.15) is 6.61 Å². The van der Waals surface area contributed by atoms with E-state index in [9.17, 15) is 8.42 Å². The summed E-state index contributed by atoms with van der Waals surface area (Å²) in [4.78, 5) is 0. The van der Waals surface area contributed by atoms with E-state index >= 15 is 0 Å². The third-order valence-electron chi connectivity index (χ3n) is 1.89. The average molecular weight is 328 g/mol. The van der Waals surface area contributed by atoms with Gasteiger partial charge in [0.2, 0.25) is 3.79 Å². The lowest BCUT2D eigenvalue weighted by atomic mass is 10.2. The second-order valence-electron chi connectivity index (χ2n) is 3.55. The van der Waals surface area contributed by atoms with Crippen molar-refractivity contribution in [1.29, 1.82) is 0 Å². The summed E-state index contributed by atoms with van der Waals surface area (Å²) < 4.78 is 30.4. The number of unbranched alkanes of at least 4 members (excludes halogenated alkanes) is 3. The molecule has 0 aliphatic rings. The van der Waals surface area contributed by atoms with Crippen molar-refractivity contribution in [2.75, 3.05) is 26.1 Å². The van der Waals surface area contributed by atoms with Gasteiger partial charge in [-0.15, -0.1) is 0 Å². The summed E-state index contributed by atoms with van der Waals surface area (Å²) in [5.74, 6) is -0.0548. The van der Waals surface area contributed by atoms with Crippen LogP contribution in [0.1, 0.15) is 25.7 Å². The number of hydrogen-bond donors (Lipinski definition) is 0. The molecule has 4 nitrogen and oxygen atoms in total. The minimum absolute atomic E-state index is 0.0548. The van der Waals surface area contributed by atoms with Crippen LogP contribution in [0.15, 0.2) is 0 Å². The molecule has 0 bridgehead atoms. The highest BCUT2D eigenvalue weighted by molar-refractivity contribution is 7.86. The number of halogens is 3. The summed E-state index contributed by atoms with van der Waals surface area (Å²) in [6.07, 6.45) is 3.19. The topological polar surface area (TPSA) is 52.6 Å². The van der Waals surface area contributed by atoms with E-state index < -0.39 is 20.5 Å². The van der Waals surface area contributed by atoms with Gasteiger partial charge in [-0.05, 0) is 12.8 Å². The number of methoxy groups -OCH3 is 1. The van der Waals surface area contributed by atoms with Crippen LogP contribution in [0, 0.1) is 0 Å². The van der Waals surface area contributed by atoms with Crippen LogP contribution >= 0.6 is 34.8 Å². The Morgan fingerprint density at radius 1 is 1.06 bits per heavy atom. The van der Waals surface area contributed by atoms with Gasteiger partial charge < -0.3 is 4.74 Å². The lowest BCUT2D eigenvalue weighted by molar-refractivity contribution is 0.192. The molecule has 0 heterocycles. The van der Waals surface area contributed by atoms with E-state index in [4.69, 9.17) is 39.5 Å². The van der Waals surface area contributed by atoms with Gasteiger partial charge in [-0.3, -0.25) is 4.18 Å². The summed E-state index contributed by atoms with van der Waals surface area (Å²) in [5.41, 5.74) is 0. The Hall–Kier alpha value is 0.740. The second-order valence-corrected chi connectivity index (χ2v) is 7.82. The smallest absolute Gasteiger partial charge is 0.267 e. The van der Waals surface area contributed by atoms with Crippen LogP contribution in [0.5, 0.6) is 0 Å². The molecule has 0 atom stereocenters. The third-order valence-corrected chi connectivity index (χ3v) is 3.49. The SMILES string of the molecule is COCCCCCCS(=O)(=O)OCC(Cl)(Cl)Cl. The van der Waals surface area contributed by atoms with Crippen LogP contribution in [0.2, 0.25) is 0 Å². The molecule has 0 rings (SSSR count). The second kappa shape index (κ2) is 8.77. The molecule has 0 aromatic rings. The van der Waals surface area contributed by atoms with Gasteiger partial charge in [0.15, 0.2) is 0 Å². The summed E-state index contributed by atoms with van der Waals surface area (Å²) >= 11 is 16.2. The van der Waals surface area contributed by atoms with Gasteiger partial charge >= 0.3 is 0 Å². The molecule has 0 saturated heterocycles. The lowest BCUT2D eigenvalue weighted by Crippen LogP contribution is -2.19. The molecular weight excluding hydrogens is 311 g/mol. The Balaban J connectivity index is 3.65. The number of alkyl halides is 3. The molecule has 0 radical (unpaired) electrons. The van der Waals surface area contributed by atoms with Crippen LogP contribution in [-0.2, 0) is 19.0 Å². The zero-order valence-corrected chi connectivity index (χ0v) is 12.7. The summed E-state index contributed by atoms with van der Waals surface area (Å²) in [7, 11) is -1.96. The van der Waals surface area contributed by atoms with E-state index in [0.29, 0.717) is 13.0 Å². The maximum absolute atomic E-state index is 11.3. The molecular formula is C9H17Cl3O4S. The van der Waals surface area contributed by atoms with E-state index in [1.54, 1.807) is 7.11 Å². The molecule has 0 amide bonds. The first-order chi connectivity index (χ1) is 7.77. The van der Waals surface area contributed by atoms with Gasteiger partial charge in [-0.25, -0.2) is 0 Å². The van der Waals surface area contributed by atoms with E-state index in [0.717, 1.165) is 19.3 Å². The maximum atomic E-state index is 11.3. The van der Waals surface area contributed by atoms with Gasteiger partial charge in [-0.1, -0.05) is 47.6 Å². The first-order valence-corrected chi connectivity index (χ1v) is 7.91. The largest absolute Gasteiger partial charge is 0.385 e. The number of ether oxygens (including phenoxy) is 1. The minimum atomic E-state index is -3.59. The van der Waals surface area contributed by atoms with Crippen LogP contribution in [0.3, 0.4) is 0 Å². The number of hydrogen-bond acceptors (Lipinski definition) is 4. The Morgan fingerprint density at radius 3 is 2.18 bits per heavy atom. The van der Waals surface area contributed by atoms with Crippen LogP contribution in [-0.4, -0.2) is 38.3 Å². The fourth-order valence-corrected chi connectivity index (χ4v) is 2.48. The fraction of sp³-hybridized carbons (Fsp3) is 1.00. The van der Waals surface area contributed by atoms with Gasteiger partial charge in [-0.2, -0.15) is 8.42 Å². The fourth-order valence-electron chi connectivity index (χ4n) is 1.09. The molecule has 0 unspecified atom stereocenters. The van der Waals surface area contributed by atoms with Crippen LogP contribution < -0.4 is 0 Å². The highest BCUT2D eigenvalue weighted by atomic mass is 35.6. The van der Waals surface area contributed by atoms with Crippen molar-refractivity contribution in [1.82, 2.24) is 0 Å². The maximum Gasteiger partial charge on any atom is 0.267 e. The zero-order valence-electron chi connectivity index (χ0n) is 9.62.